The minimum Gasteiger partial charge on any atom is -0.369 e. The van der Waals surface area contributed by atoms with Crippen LogP contribution in [0.4, 0.5) is 0 Å². The highest BCUT2D eigenvalue weighted by Crippen LogP contribution is 2.46. The Labute approximate surface area is 117 Å². The molecule has 0 aliphatic carbocycles. The van der Waals surface area contributed by atoms with E-state index in [1.165, 1.54) is 24.3 Å². The van der Waals surface area contributed by atoms with Crippen LogP contribution in [-0.2, 0) is 4.74 Å². The lowest BCUT2D eigenvalue weighted by Crippen LogP contribution is -2.48. The van der Waals surface area contributed by atoms with Crippen LogP contribution in [0.1, 0.15) is 47.5 Å². The first-order chi connectivity index (χ1) is 8.36. The molecule has 2 nitrogen and oxygen atoms in total. The first-order valence-electron chi connectivity index (χ1n) is 7.37. The van der Waals surface area contributed by atoms with Gasteiger partial charge in [0.05, 0.1) is 11.2 Å². The van der Waals surface area contributed by atoms with E-state index in [9.17, 15) is 0 Å². The topological polar surface area (TPSA) is 21.3 Å². The number of rotatable bonds is 4. The zero-order chi connectivity index (χ0) is 13.4. The summed E-state index contributed by atoms with van der Waals surface area (Å²) in [5.41, 5.74) is 0.0389. The maximum atomic E-state index is 6.29. The minimum atomic E-state index is 0.00356. The van der Waals surface area contributed by atoms with Crippen molar-refractivity contribution in [2.75, 3.05) is 18.1 Å². The maximum absolute atomic E-state index is 6.29. The van der Waals surface area contributed by atoms with Crippen molar-refractivity contribution in [1.82, 2.24) is 5.32 Å². The molecule has 0 radical (unpaired) electrons. The molecule has 2 aliphatic heterocycles. The lowest BCUT2D eigenvalue weighted by Gasteiger charge is -2.36. The van der Waals surface area contributed by atoms with E-state index in [4.69, 9.17) is 4.74 Å². The fourth-order valence-electron chi connectivity index (χ4n) is 3.87. The summed E-state index contributed by atoms with van der Waals surface area (Å²) in [5.74, 6) is 4.13. The van der Waals surface area contributed by atoms with Crippen LogP contribution >= 0.6 is 11.8 Å². The molecule has 2 rings (SSSR count). The Balaban J connectivity index is 2.14. The molecule has 18 heavy (non-hydrogen) atoms. The summed E-state index contributed by atoms with van der Waals surface area (Å²) in [7, 11) is 0. The molecule has 0 spiro atoms. The highest BCUT2D eigenvalue weighted by Gasteiger charge is 2.50. The minimum absolute atomic E-state index is 0.00356. The van der Waals surface area contributed by atoms with E-state index >= 15 is 0 Å². The monoisotopic (exact) mass is 271 g/mol. The quantitative estimate of drug-likeness (QED) is 0.847. The fourth-order valence-corrected chi connectivity index (χ4v) is 5.19. The van der Waals surface area contributed by atoms with Gasteiger partial charge in [-0.25, -0.2) is 0 Å². The van der Waals surface area contributed by atoms with Crippen LogP contribution in [0.25, 0.3) is 0 Å². The Morgan fingerprint density at radius 2 is 2.06 bits per heavy atom. The van der Waals surface area contributed by atoms with Gasteiger partial charge < -0.3 is 10.1 Å². The molecular weight excluding hydrogens is 242 g/mol. The second kappa shape index (κ2) is 5.34. The summed E-state index contributed by atoms with van der Waals surface area (Å²) in [4.78, 5) is 0. The third kappa shape index (κ3) is 3.05. The largest absolute Gasteiger partial charge is 0.369 e. The van der Waals surface area contributed by atoms with Gasteiger partial charge in [-0.15, -0.1) is 0 Å². The van der Waals surface area contributed by atoms with Gasteiger partial charge in [0.25, 0.3) is 0 Å². The molecule has 3 heteroatoms. The number of hydrogen-bond donors (Lipinski definition) is 1. The first kappa shape index (κ1) is 14.7. The van der Waals surface area contributed by atoms with Gasteiger partial charge in [-0.3, -0.25) is 0 Å². The van der Waals surface area contributed by atoms with Crippen molar-refractivity contribution in [3.8, 4) is 0 Å². The van der Waals surface area contributed by atoms with Crippen molar-refractivity contribution < 1.29 is 4.74 Å². The van der Waals surface area contributed by atoms with Crippen LogP contribution in [0.15, 0.2) is 0 Å². The molecule has 1 N–H and O–H groups in total. The van der Waals surface area contributed by atoms with Gasteiger partial charge in [-0.2, -0.15) is 11.8 Å². The van der Waals surface area contributed by atoms with E-state index in [0.29, 0.717) is 12.0 Å². The third-order valence-corrected chi connectivity index (χ3v) is 5.68. The summed E-state index contributed by atoms with van der Waals surface area (Å²) >= 11 is 2.11. The van der Waals surface area contributed by atoms with E-state index in [1.54, 1.807) is 0 Å². The lowest BCUT2D eigenvalue weighted by atomic mass is 9.76. The Hall–Kier alpha value is 0.270. The molecule has 0 bridgehead atoms. The van der Waals surface area contributed by atoms with Gasteiger partial charge in [0.1, 0.15) is 0 Å². The predicted molar refractivity (Wildman–Crippen MR) is 80.2 cm³/mol. The van der Waals surface area contributed by atoms with Crippen LogP contribution in [0, 0.1) is 11.8 Å². The lowest BCUT2D eigenvalue weighted by molar-refractivity contribution is -0.0792. The predicted octanol–water partition coefficient (Wildman–Crippen LogP) is 3.31. The molecule has 0 aromatic carbocycles. The first-order valence-corrected chi connectivity index (χ1v) is 8.52. The van der Waals surface area contributed by atoms with Crippen LogP contribution in [0.2, 0.25) is 0 Å². The molecule has 0 amide bonds. The van der Waals surface area contributed by atoms with Crippen LogP contribution in [-0.4, -0.2) is 35.3 Å². The number of ether oxygens (including phenoxy) is 1. The van der Waals surface area contributed by atoms with Gasteiger partial charge in [0.2, 0.25) is 0 Å². The maximum Gasteiger partial charge on any atom is 0.0677 e. The molecule has 0 aromatic heterocycles. The summed E-state index contributed by atoms with van der Waals surface area (Å²) in [6, 6.07) is 0.627. The Morgan fingerprint density at radius 3 is 2.50 bits per heavy atom. The molecule has 2 heterocycles. The standard InChI is InChI=1S/C15H29NOS/c1-6-16-13(11-7-8-18-10-11)12-9-14(2,3)17-15(12,4)5/h11-13,16H,6-10H2,1-5H3. The highest BCUT2D eigenvalue weighted by molar-refractivity contribution is 7.99. The summed E-state index contributed by atoms with van der Waals surface area (Å²) in [6.45, 7) is 12.3. The van der Waals surface area contributed by atoms with E-state index < -0.39 is 0 Å². The third-order valence-electron chi connectivity index (χ3n) is 4.49. The molecule has 3 atom stereocenters. The van der Waals surface area contributed by atoms with Crippen LogP contribution in [0.5, 0.6) is 0 Å². The molecule has 0 aromatic rings. The average molecular weight is 271 g/mol. The second-order valence-electron chi connectivity index (χ2n) is 6.98. The number of hydrogen-bond acceptors (Lipinski definition) is 3. The zero-order valence-corrected chi connectivity index (χ0v) is 13.4. The van der Waals surface area contributed by atoms with Crippen LogP contribution in [0.3, 0.4) is 0 Å². The number of thioether (sulfide) groups is 1. The molecular formula is C15H29NOS. The van der Waals surface area contributed by atoms with Gasteiger partial charge >= 0.3 is 0 Å². The van der Waals surface area contributed by atoms with Gasteiger partial charge in [-0.1, -0.05) is 6.92 Å². The fraction of sp³-hybridized carbons (Fsp3) is 1.00. The summed E-state index contributed by atoms with van der Waals surface area (Å²) < 4.78 is 6.29. The normalized spacial score (nSPS) is 35.8. The Morgan fingerprint density at radius 1 is 1.33 bits per heavy atom. The number of nitrogens with one attached hydrogen (secondary N) is 1. The van der Waals surface area contributed by atoms with E-state index in [1.807, 2.05) is 0 Å². The molecule has 0 saturated carbocycles. The Kier molecular flexibility index (Phi) is 4.35. The van der Waals surface area contributed by atoms with Crippen molar-refractivity contribution >= 4 is 11.8 Å². The molecule has 3 unspecified atom stereocenters. The smallest absolute Gasteiger partial charge is 0.0677 e. The van der Waals surface area contributed by atoms with Gasteiger partial charge in [0.15, 0.2) is 0 Å². The highest BCUT2D eigenvalue weighted by atomic mass is 32.2. The summed E-state index contributed by atoms with van der Waals surface area (Å²) in [5, 5.41) is 3.77. The van der Waals surface area contributed by atoms with E-state index in [0.717, 1.165) is 12.5 Å². The van der Waals surface area contributed by atoms with E-state index in [2.05, 4.69) is 51.7 Å². The van der Waals surface area contributed by atoms with E-state index in [-0.39, 0.29) is 11.2 Å². The van der Waals surface area contributed by atoms with Crippen molar-refractivity contribution in [3.63, 3.8) is 0 Å². The average Bonchev–Trinajstić information content (AvgIpc) is 2.80. The van der Waals surface area contributed by atoms with Crippen molar-refractivity contribution in [1.29, 1.82) is 0 Å². The zero-order valence-electron chi connectivity index (χ0n) is 12.6. The second-order valence-corrected chi connectivity index (χ2v) is 8.13. The van der Waals surface area contributed by atoms with Gasteiger partial charge in [-0.05, 0) is 64.5 Å². The molecule has 2 aliphatic rings. The SMILES string of the molecule is CCNC(C1CCSC1)C1CC(C)(C)OC1(C)C. The molecule has 106 valence electrons. The van der Waals surface area contributed by atoms with Crippen molar-refractivity contribution in [3.05, 3.63) is 0 Å². The summed E-state index contributed by atoms with van der Waals surface area (Å²) in [6.07, 6.45) is 2.55. The molecule has 2 fully saturated rings. The van der Waals surface area contributed by atoms with Crippen molar-refractivity contribution in [2.24, 2.45) is 11.8 Å². The van der Waals surface area contributed by atoms with Gasteiger partial charge in [0, 0.05) is 12.0 Å². The Bertz CT molecular complexity index is 284. The molecule has 2 saturated heterocycles. The van der Waals surface area contributed by atoms with Crippen LogP contribution < -0.4 is 5.32 Å². The van der Waals surface area contributed by atoms with Crippen molar-refractivity contribution in [2.45, 2.75) is 64.7 Å².